The standard InChI is InChI=1S/C21H25N3O4/c1-15-4-7-17(8-5-15)22-20(25)12-24(3)21(26)13-23(2)11-16-6-9-18-19(10-16)28-14-27-18/h4-10H,11-14H2,1-3H3,(H,22,25)/p+1. The first-order valence-electron chi connectivity index (χ1n) is 9.21. The number of nitrogens with zero attached hydrogens (tertiary/aromatic N) is 1. The van der Waals surface area contributed by atoms with E-state index in [0.29, 0.717) is 13.1 Å². The lowest BCUT2D eigenvalue weighted by molar-refractivity contribution is -0.885. The van der Waals surface area contributed by atoms with Crippen LogP contribution >= 0.6 is 0 Å². The molecule has 1 atom stereocenters. The summed E-state index contributed by atoms with van der Waals surface area (Å²) in [5, 5.41) is 2.81. The van der Waals surface area contributed by atoms with Gasteiger partial charge in [0.1, 0.15) is 6.54 Å². The van der Waals surface area contributed by atoms with Crippen molar-refractivity contribution in [1.82, 2.24) is 4.90 Å². The van der Waals surface area contributed by atoms with Crippen molar-refractivity contribution < 1.29 is 24.0 Å². The highest BCUT2D eigenvalue weighted by atomic mass is 16.7. The first-order chi connectivity index (χ1) is 13.4. The van der Waals surface area contributed by atoms with Crippen LogP contribution in [-0.4, -0.2) is 50.7 Å². The molecule has 0 fully saturated rings. The smallest absolute Gasteiger partial charge is 0.277 e. The average molecular weight is 384 g/mol. The Morgan fingerprint density at radius 3 is 2.57 bits per heavy atom. The molecule has 0 radical (unpaired) electrons. The number of hydrogen-bond acceptors (Lipinski definition) is 4. The van der Waals surface area contributed by atoms with E-state index in [1.54, 1.807) is 7.05 Å². The molecule has 0 bridgehead atoms. The third-order valence-corrected chi connectivity index (χ3v) is 4.54. The summed E-state index contributed by atoms with van der Waals surface area (Å²) in [6, 6.07) is 13.3. The van der Waals surface area contributed by atoms with E-state index < -0.39 is 0 Å². The van der Waals surface area contributed by atoms with Crippen LogP contribution in [0.3, 0.4) is 0 Å². The molecule has 0 saturated heterocycles. The van der Waals surface area contributed by atoms with Gasteiger partial charge in [-0.25, -0.2) is 0 Å². The summed E-state index contributed by atoms with van der Waals surface area (Å²) in [4.78, 5) is 27.1. The van der Waals surface area contributed by atoms with Crippen LogP contribution in [0, 0.1) is 6.92 Å². The summed E-state index contributed by atoms with van der Waals surface area (Å²) in [5.74, 6) is 1.18. The molecule has 2 N–H and O–H groups in total. The van der Waals surface area contributed by atoms with E-state index in [1.165, 1.54) is 4.90 Å². The molecule has 1 heterocycles. The van der Waals surface area contributed by atoms with Crippen molar-refractivity contribution in [2.24, 2.45) is 0 Å². The molecule has 2 aromatic rings. The Labute approximate surface area is 164 Å². The largest absolute Gasteiger partial charge is 0.454 e. The fourth-order valence-corrected chi connectivity index (χ4v) is 3.00. The number of hydrogen-bond donors (Lipinski definition) is 2. The van der Waals surface area contributed by atoms with Crippen LogP contribution in [-0.2, 0) is 16.1 Å². The van der Waals surface area contributed by atoms with Crippen LogP contribution in [0.5, 0.6) is 11.5 Å². The van der Waals surface area contributed by atoms with Crippen molar-refractivity contribution in [3.05, 3.63) is 53.6 Å². The Balaban J connectivity index is 1.46. The monoisotopic (exact) mass is 384 g/mol. The first kappa shape index (κ1) is 19.7. The molecular weight excluding hydrogens is 358 g/mol. The highest BCUT2D eigenvalue weighted by Crippen LogP contribution is 2.32. The molecule has 2 aromatic carbocycles. The maximum absolute atomic E-state index is 12.4. The van der Waals surface area contributed by atoms with Crippen LogP contribution in [0.4, 0.5) is 5.69 Å². The van der Waals surface area contributed by atoms with E-state index in [-0.39, 0.29) is 25.2 Å². The van der Waals surface area contributed by atoms with E-state index >= 15 is 0 Å². The number of nitrogens with one attached hydrogen (secondary N) is 2. The van der Waals surface area contributed by atoms with Crippen LogP contribution in [0.1, 0.15) is 11.1 Å². The molecule has 7 nitrogen and oxygen atoms in total. The molecule has 0 saturated carbocycles. The number of carbonyl (C=O) groups is 2. The van der Waals surface area contributed by atoms with E-state index in [2.05, 4.69) is 5.32 Å². The SMILES string of the molecule is Cc1ccc(NC(=O)CN(C)C(=O)C[NH+](C)Cc2ccc3c(c2)OCO3)cc1. The van der Waals surface area contributed by atoms with Crippen LogP contribution in [0.25, 0.3) is 0 Å². The van der Waals surface area contributed by atoms with Gasteiger partial charge in [0.05, 0.1) is 13.6 Å². The highest BCUT2D eigenvalue weighted by molar-refractivity contribution is 5.94. The minimum Gasteiger partial charge on any atom is -0.454 e. The fraction of sp³-hybridized carbons (Fsp3) is 0.333. The normalized spacial score (nSPS) is 13.1. The Kier molecular flexibility index (Phi) is 6.16. The van der Waals surface area contributed by atoms with Crippen molar-refractivity contribution in [2.75, 3.05) is 39.3 Å². The number of ether oxygens (including phenoxy) is 2. The minimum absolute atomic E-state index is 0.0179. The molecule has 28 heavy (non-hydrogen) atoms. The number of quaternary nitrogens is 1. The number of anilines is 1. The molecular formula is C21H26N3O4+. The predicted octanol–water partition coefficient (Wildman–Crippen LogP) is 0.836. The van der Waals surface area contributed by atoms with Gasteiger partial charge in [0.15, 0.2) is 18.0 Å². The Bertz CT molecular complexity index is 851. The zero-order chi connectivity index (χ0) is 20.1. The maximum atomic E-state index is 12.4. The molecule has 0 aliphatic carbocycles. The van der Waals surface area contributed by atoms with Gasteiger partial charge in [-0.2, -0.15) is 0 Å². The van der Waals surface area contributed by atoms with Crippen molar-refractivity contribution in [3.8, 4) is 11.5 Å². The van der Waals surface area contributed by atoms with Crippen LogP contribution in [0.15, 0.2) is 42.5 Å². The van der Waals surface area contributed by atoms with E-state index in [1.807, 2.05) is 56.4 Å². The molecule has 7 heteroatoms. The fourth-order valence-electron chi connectivity index (χ4n) is 3.00. The van der Waals surface area contributed by atoms with Gasteiger partial charge in [0, 0.05) is 18.3 Å². The number of amides is 2. The second-order valence-corrected chi connectivity index (χ2v) is 7.16. The molecule has 0 aromatic heterocycles. The third kappa shape index (κ3) is 5.23. The Hall–Kier alpha value is -3.06. The van der Waals surface area contributed by atoms with Crippen molar-refractivity contribution in [1.29, 1.82) is 0 Å². The number of aryl methyl sites for hydroxylation is 1. The highest BCUT2D eigenvalue weighted by Gasteiger charge is 2.19. The van der Waals surface area contributed by atoms with Crippen molar-refractivity contribution in [3.63, 3.8) is 0 Å². The summed E-state index contributed by atoms with van der Waals surface area (Å²) in [5.41, 5.74) is 2.91. The van der Waals surface area contributed by atoms with Crippen molar-refractivity contribution >= 4 is 17.5 Å². The second kappa shape index (κ2) is 8.75. The molecule has 3 rings (SSSR count). The van der Waals surface area contributed by atoms with Gasteiger partial charge in [-0.05, 0) is 37.3 Å². The number of likely N-dealkylation sites (N-methyl/N-ethyl adjacent to an activating group) is 2. The molecule has 1 aliphatic rings. The minimum atomic E-state index is -0.215. The molecule has 1 unspecified atom stereocenters. The molecule has 1 aliphatic heterocycles. The summed E-state index contributed by atoms with van der Waals surface area (Å²) in [6.45, 7) is 3.22. The third-order valence-electron chi connectivity index (χ3n) is 4.54. The lowest BCUT2D eigenvalue weighted by atomic mass is 10.2. The van der Waals surface area contributed by atoms with Crippen LogP contribution < -0.4 is 19.7 Å². The Morgan fingerprint density at radius 2 is 1.82 bits per heavy atom. The zero-order valence-electron chi connectivity index (χ0n) is 16.5. The summed E-state index contributed by atoms with van der Waals surface area (Å²) in [7, 11) is 3.59. The van der Waals surface area contributed by atoms with Gasteiger partial charge in [-0.1, -0.05) is 17.7 Å². The topological polar surface area (TPSA) is 72.3 Å². The van der Waals surface area contributed by atoms with Gasteiger partial charge in [-0.3, -0.25) is 9.59 Å². The molecule has 148 valence electrons. The van der Waals surface area contributed by atoms with E-state index in [4.69, 9.17) is 9.47 Å². The number of rotatable bonds is 7. The first-order valence-corrected chi connectivity index (χ1v) is 9.21. The van der Waals surface area contributed by atoms with Gasteiger partial charge < -0.3 is 24.6 Å². The quantitative estimate of drug-likeness (QED) is 0.742. The van der Waals surface area contributed by atoms with Crippen molar-refractivity contribution in [2.45, 2.75) is 13.5 Å². The summed E-state index contributed by atoms with van der Waals surface area (Å²) in [6.07, 6.45) is 0. The van der Waals surface area contributed by atoms with E-state index in [9.17, 15) is 9.59 Å². The van der Waals surface area contributed by atoms with Crippen LogP contribution in [0.2, 0.25) is 0 Å². The number of fused-ring (bicyclic) bond motifs is 1. The van der Waals surface area contributed by atoms with Gasteiger partial charge in [0.25, 0.3) is 5.91 Å². The molecule has 0 spiro atoms. The number of carbonyl (C=O) groups excluding carboxylic acids is 2. The Morgan fingerprint density at radius 1 is 1.11 bits per heavy atom. The lowest BCUT2D eigenvalue weighted by Crippen LogP contribution is -3.08. The van der Waals surface area contributed by atoms with E-state index in [0.717, 1.165) is 33.2 Å². The summed E-state index contributed by atoms with van der Waals surface area (Å²) >= 11 is 0. The number of benzene rings is 2. The lowest BCUT2D eigenvalue weighted by Gasteiger charge is -2.20. The predicted molar refractivity (Wildman–Crippen MR) is 105 cm³/mol. The second-order valence-electron chi connectivity index (χ2n) is 7.16. The van der Waals surface area contributed by atoms with Gasteiger partial charge in [-0.15, -0.1) is 0 Å². The molecule has 2 amide bonds. The maximum Gasteiger partial charge on any atom is 0.277 e. The zero-order valence-corrected chi connectivity index (χ0v) is 16.5. The van der Waals surface area contributed by atoms with Gasteiger partial charge >= 0.3 is 0 Å². The van der Waals surface area contributed by atoms with Gasteiger partial charge in [0.2, 0.25) is 12.7 Å². The average Bonchev–Trinajstić information content (AvgIpc) is 3.11. The summed E-state index contributed by atoms with van der Waals surface area (Å²) < 4.78 is 10.7.